The van der Waals surface area contributed by atoms with E-state index in [9.17, 15) is 18.4 Å². The fourth-order valence-electron chi connectivity index (χ4n) is 3.22. The Morgan fingerprint density at radius 2 is 1.12 bits per heavy atom. The SMILES string of the molecule is O=C(Nc1ccc(F)cc1)C1CCCC(C(=O)Nc2ccc(F)cc2)C1. The van der Waals surface area contributed by atoms with Crippen molar-refractivity contribution in [3.8, 4) is 0 Å². The van der Waals surface area contributed by atoms with Gasteiger partial charge in [0.1, 0.15) is 11.6 Å². The average Bonchev–Trinajstić information content (AvgIpc) is 2.65. The average molecular weight is 358 g/mol. The molecule has 0 aromatic heterocycles. The van der Waals surface area contributed by atoms with Crippen LogP contribution in [0.15, 0.2) is 48.5 Å². The summed E-state index contributed by atoms with van der Waals surface area (Å²) in [4.78, 5) is 24.9. The molecule has 0 bridgehead atoms. The monoisotopic (exact) mass is 358 g/mol. The Kier molecular flexibility index (Phi) is 5.61. The highest BCUT2D eigenvalue weighted by Gasteiger charge is 2.31. The maximum Gasteiger partial charge on any atom is 0.227 e. The maximum atomic E-state index is 12.9. The van der Waals surface area contributed by atoms with Crippen molar-refractivity contribution in [2.75, 3.05) is 10.6 Å². The van der Waals surface area contributed by atoms with Crippen LogP contribution in [0.3, 0.4) is 0 Å². The third-order valence-electron chi connectivity index (χ3n) is 4.64. The number of hydrogen-bond donors (Lipinski definition) is 2. The largest absolute Gasteiger partial charge is 0.326 e. The van der Waals surface area contributed by atoms with Crippen LogP contribution in [-0.2, 0) is 9.59 Å². The quantitative estimate of drug-likeness (QED) is 0.854. The second-order valence-corrected chi connectivity index (χ2v) is 6.55. The Balaban J connectivity index is 1.57. The van der Waals surface area contributed by atoms with E-state index in [1.54, 1.807) is 0 Å². The molecule has 3 rings (SSSR count). The summed E-state index contributed by atoms with van der Waals surface area (Å²) in [6.45, 7) is 0. The van der Waals surface area contributed by atoms with Gasteiger partial charge < -0.3 is 10.6 Å². The summed E-state index contributed by atoms with van der Waals surface area (Å²) < 4.78 is 25.9. The van der Waals surface area contributed by atoms with Crippen molar-refractivity contribution in [1.82, 2.24) is 0 Å². The lowest BCUT2D eigenvalue weighted by Crippen LogP contribution is -2.33. The van der Waals surface area contributed by atoms with Gasteiger partial charge in [-0.2, -0.15) is 0 Å². The molecule has 6 heteroatoms. The van der Waals surface area contributed by atoms with Gasteiger partial charge in [-0.1, -0.05) is 6.42 Å². The van der Waals surface area contributed by atoms with E-state index in [0.717, 1.165) is 6.42 Å². The number of rotatable bonds is 4. The van der Waals surface area contributed by atoms with Gasteiger partial charge in [-0.15, -0.1) is 0 Å². The van der Waals surface area contributed by atoms with Gasteiger partial charge >= 0.3 is 0 Å². The summed E-state index contributed by atoms with van der Waals surface area (Å²) in [6, 6.07) is 11.2. The summed E-state index contributed by atoms with van der Waals surface area (Å²) in [5, 5.41) is 5.55. The topological polar surface area (TPSA) is 58.2 Å². The van der Waals surface area contributed by atoms with E-state index >= 15 is 0 Å². The lowest BCUT2D eigenvalue weighted by atomic mass is 9.80. The number of anilines is 2. The summed E-state index contributed by atoms with van der Waals surface area (Å²) in [7, 11) is 0. The van der Waals surface area contributed by atoms with Crippen LogP contribution in [0.1, 0.15) is 25.7 Å². The zero-order valence-corrected chi connectivity index (χ0v) is 14.2. The van der Waals surface area contributed by atoms with Crippen molar-refractivity contribution in [2.24, 2.45) is 11.8 Å². The minimum Gasteiger partial charge on any atom is -0.326 e. The molecule has 0 heterocycles. The Morgan fingerprint density at radius 1 is 0.731 bits per heavy atom. The van der Waals surface area contributed by atoms with E-state index in [4.69, 9.17) is 0 Å². The predicted octanol–water partition coefficient (Wildman–Crippen LogP) is 4.35. The second-order valence-electron chi connectivity index (χ2n) is 6.55. The summed E-state index contributed by atoms with van der Waals surface area (Å²) in [6.07, 6.45) is 2.67. The highest BCUT2D eigenvalue weighted by Crippen LogP contribution is 2.31. The molecule has 0 spiro atoms. The van der Waals surface area contributed by atoms with Crippen molar-refractivity contribution in [2.45, 2.75) is 25.7 Å². The number of amides is 2. The van der Waals surface area contributed by atoms with Crippen molar-refractivity contribution in [3.63, 3.8) is 0 Å². The van der Waals surface area contributed by atoms with Crippen LogP contribution in [0.4, 0.5) is 20.2 Å². The minimum absolute atomic E-state index is 0.157. The highest BCUT2D eigenvalue weighted by molar-refractivity contribution is 5.95. The third-order valence-corrected chi connectivity index (χ3v) is 4.64. The molecule has 2 aromatic rings. The minimum atomic E-state index is -0.363. The predicted molar refractivity (Wildman–Crippen MR) is 95.5 cm³/mol. The van der Waals surface area contributed by atoms with Gasteiger partial charge in [0.25, 0.3) is 0 Å². The van der Waals surface area contributed by atoms with Crippen molar-refractivity contribution in [3.05, 3.63) is 60.2 Å². The molecule has 1 fully saturated rings. The van der Waals surface area contributed by atoms with E-state index in [2.05, 4.69) is 10.6 Å². The first-order chi connectivity index (χ1) is 12.5. The first-order valence-corrected chi connectivity index (χ1v) is 8.64. The molecule has 0 saturated heterocycles. The van der Waals surface area contributed by atoms with Gasteiger partial charge in [-0.05, 0) is 67.8 Å². The molecule has 136 valence electrons. The lowest BCUT2D eigenvalue weighted by Gasteiger charge is -2.27. The first kappa shape index (κ1) is 18.0. The van der Waals surface area contributed by atoms with E-state index in [-0.39, 0.29) is 35.3 Å². The summed E-state index contributed by atoms with van der Waals surface area (Å²) in [5.74, 6) is -1.57. The molecule has 2 unspecified atom stereocenters. The Morgan fingerprint density at radius 3 is 1.50 bits per heavy atom. The smallest absolute Gasteiger partial charge is 0.227 e. The molecule has 2 atom stereocenters. The standard InChI is InChI=1S/C20H20F2N2O2/c21-15-4-8-17(9-5-15)23-19(25)13-2-1-3-14(12-13)20(26)24-18-10-6-16(22)7-11-18/h4-11,13-14H,1-3,12H2,(H,23,25)(H,24,26). The lowest BCUT2D eigenvalue weighted by molar-refractivity contribution is -0.124. The van der Waals surface area contributed by atoms with Gasteiger partial charge in [0, 0.05) is 23.2 Å². The van der Waals surface area contributed by atoms with Crippen LogP contribution in [0.5, 0.6) is 0 Å². The molecule has 1 aliphatic carbocycles. The van der Waals surface area contributed by atoms with E-state index in [1.807, 2.05) is 0 Å². The molecule has 2 N–H and O–H groups in total. The normalized spacial score (nSPS) is 19.6. The van der Waals surface area contributed by atoms with E-state index in [0.29, 0.717) is 30.6 Å². The number of nitrogens with one attached hydrogen (secondary N) is 2. The molecular formula is C20H20F2N2O2. The molecule has 1 aliphatic rings. The number of halogens is 2. The molecule has 0 radical (unpaired) electrons. The molecule has 2 aromatic carbocycles. The fourth-order valence-corrected chi connectivity index (χ4v) is 3.22. The van der Waals surface area contributed by atoms with Crippen LogP contribution < -0.4 is 10.6 Å². The third kappa shape index (κ3) is 4.65. The Hall–Kier alpha value is -2.76. The van der Waals surface area contributed by atoms with Gasteiger partial charge in [0.15, 0.2) is 0 Å². The van der Waals surface area contributed by atoms with Crippen molar-refractivity contribution >= 4 is 23.2 Å². The number of carbonyl (C=O) groups is 2. The summed E-state index contributed by atoms with van der Waals surface area (Å²) >= 11 is 0. The van der Waals surface area contributed by atoms with Crippen LogP contribution in [0.25, 0.3) is 0 Å². The van der Waals surface area contributed by atoms with Gasteiger partial charge in [0.05, 0.1) is 0 Å². The summed E-state index contributed by atoms with van der Waals surface area (Å²) in [5.41, 5.74) is 1.07. The Labute approximate surface area is 150 Å². The van der Waals surface area contributed by atoms with Gasteiger partial charge in [-0.3, -0.25) is 9.59 Å². The highest BCUT2D eigenvalue weighted by atomic mass is 19.1. The maximum absolute atomic E-state index is 12.9. The number of carbonyl (C=O) groups excluding carboxylic acids is 2. The van der Waals surface area contributed by atoms with Crippen molar-refractivity contribution in [1.29, 1.82) is 0 Å². The van der Waals surface area contributed by atoms with E-state index < -0.39 is 0 Å². The van der Waals surface area contributed by atoms with Crippen LogP contribution in [0.2, 0.25) is 0 Å². The van der Waals surface area contributed by atoms with Crippen LogP contribution in [0, 0.1) is 23.5 Å². The second kappa shape index (κ2) is 8.08. The zero-order valence-electron chi connectivity index (χ0n) is 14.2. The molecular weight excluding hydrogens is 338 g/mol. The molecule has 2 amide bonds. The molecule has 0 aliphatic heterocycles. The Bertz CT molecular complexity index is 710. The van der Waals surface area contributed by atoms with Gasteiger partial charge in [0.2, 0.25) is 11.8 Å². The zero-order chi connectivity index (χ0) is 18.5. The molecule has 26 heavy (non-hydrogen) atoms. The molecule has 1 saturated carbocycles. The number of benzene rings is 2. The van der Waals surface area contributed by atoms with Crippen LogP contribution >= 0.6 is 0 Å². The van der Waals surface area contributed by atoms with Gasteiger partial charge in [-0.25, -0.2) is 8.78 Å². The van der Waals surface area contributed by atoms with Crippen molar-refractivity contribution < 1.29 is 18.4 Å². The number of hydrogen-bond acceptors (Lipinski definition) is 2. The van der Waals surface area contributed by atoms with Crippen LogP contribution in [-0.4, -0.2) is 11.8 Å². The fraction of sp³-hybridized carbons (Fsp3) is 0.300. The van der Waals surface area contributed by atoms with E-state index in [1.165, 1.54) is 48.5 Å². The first-order valence-electron chi connectivity index (χ1n) is 8.64. The molecule has 4 nitrogen and oxygen atoms in total.